The molecule has 2 aromatic heterocycles. The Labute approximate surface area is 169 Å². The number of pyridine rings is 1. The molecule has 0 bridgehead atoms. The van der Waals surface area contributed by atoms with Gasteiger partial charge in [0.2, 0.25) is 0 Å². The number of benzene rings is 3. The van der Waals surface area contributed by atoms with Gasteiger partial charge in [0.1, 0.15) is 0 Å². The van der Waals surface area contributed by atoms with E-state index in [0.717, 1.165) is 26.5 Å². The summed E-state index contributed by atoms with van der Waals surface area (Å²) in [6.07, 6.45) is 1.59. The standard InChI is InChI=1S/C23H14ClN3O2/c24-18-10-4-3-8-16(18)15-12-19-21(25-13-15)22(28)27(23(29)26-19)20-11-5-7-14-6-1-2-9-17(14)20/h1-13H,(H,26,29). The fourth-order valence-corrected chi connectivity index (χ4v) is 3.81. The molecule has 3 aromatic carbocycles. The molecule has 0 atom stereocenters. The lowest BCUT2D eigenvalue weighted by Gasteiger charge is -2.10. The topological polar surface area (TPSA) is 67.8 Å². The zero-order valence-corrected chi connectivity index (χ0v) is 15.9. The van der Waals surface area contributed by atoms with E-state index in [2.05, 4.69) is 9.97 Å². The summed E-state index contributed by atoms with van der Waals surface area (Å²) in [6, 6.07) is 22.2. The minimum atomic E-state index is -0.517. The van der Waals surface area contributed by atoms with E-state index in [1.807, 2.05) is 54.6 Å². The van der Waals surface area contributed by atoms with E-state index in [-0.39, 0.29) is 5.52 Å². The monoisotopic (exact) mass is 399 g/mol. The van der Waals surface area contributed by atoms with Crippen LogP contribution in [0.2, 0.25) is 5.02 Å². The van der Waals surface area contributed by atoms with Crippen LogP contribution in [0.25, 0.3) is 38.6 Å². The van der Waals surface area contributed by atoms with E-state index in [4.69, 9.17) is 11.6 Å². The lowest BCUT2D eigenvalue weighted by atomic mass is 10.1. The van der Waals surface area contributed by atoms with Crippen molar-refractivity contribution < 1.29 is 0 Å². The molecule has 0 aliphatic heterocycles. The maximum absolute atomic E-state index is 13.2. The van der Waals surface area contributed by atoms with Gasteiger partial charge in [0.25, 0.3) is 5.56 Å². The van der Waals surface area contributed by atoms with Crippen LogP contribution in [0.3, 0.4) is 0 Å². The maximum Gasteiger partial charge on any atom is 0.333 e. The van der Waals surface area contributed by atoms with Crippen molar-refractivity contribution in [1.29, 1.82) is 0 Å². The summed E-state index contributed by atoms with van der Waals surface area (Å²) in [5.41, 5.74) is 1.60. The number of nitrogens with one attached hydrogen (secondary N) is 1. The van der Waals surface area contributed by atoms with E-state index >= 15 is 0 Å². The molecule has 0 saturated carbocycles. The first kappa shape index (κ1) is 17.4. The van der Waals surface area contributed by atoms with Gasteiger partial charge in [-0.1, -0.05) is 66.2 Å². The van der Waals surface area contributed by atoms with Crippen molar-refractivity contribution in [1.82, 2.24) is 14.5 Å². The average molecular weight is 400 g/mol. The van der Waals surface area contributed by atoms with Crippen LogP contribution in [-0.4, -0.2) is 14.5 Å². The van der Waals surface area contributed by atoms with E-state index in [0.29, 0.717) is 16.2 Å². The molecule has 0 radical (unpaired) electrons. The van der Waals surface area contributed by atoms with E-state index in [1.54, 1.807) is 24.4 Å². The highest BCUT2D eigenvalue weighted by Crippen LogP contribution is 2.28. The first-order valence-electron chi connectivity index (χ1n) is 9.01. The van der Waals surface area contributed by atoms with Crippen molar-refractivity contribution in [2.24, 2.45) is 0 Å². The molecule has 0 aliphatic rings. The normalized spacial score (nSPS) is 11.2. The van der Waals surface area contributed by atoms with Crippen LogP contribution >= 0.6 is 11.6 Å². The number of hydrogen-bond donors (Lipinski definition) is 1. The lowest BCUT2D eigenvalue weighted by molar-refractivity contribution is 0.902. The quantitative estimate of drug-likeness (QED) is 0.473. The minimum Gasteiger partial charge on any atom is -0.305 e. The van der Waals surface area contributed by atoms with Gasteiger partial charge < -0.3 is 4.98 Å². The number of H-pyrrole nitrogens is 1. The highest BCUT2D eigenvalue weighted by molar-refractivity contribution is 6.33. The summed E-state index contributed by atoms with van der Waals surface area (Å²) < 4.78 is 1.13. The number of rotatable bonds is 2. The van der Waals surface area contributed by atoms with Gasteiger partial charge in [0.05, 0.1) is 11.2 Å². The van der Waals surface area contributed by atoms with Crippen molar-refractivity contribution >= 4 is 33.4 Å². The Kier molecular flexibility index (Phi) is 4.03. The van der Waals surface area contributed by atoms with Gasteiger partial charge in [-0.3, -0.25) is 4.79 Å². The molecule has 0 fully saturated rings. The number of aromatic nitrogens is 3. The molecule has 5 rings (SSSR count). The smallest absolute Gasteiger partial charge is 0.305 e. The van der Waals surface area contributed by atoms with Crippen molar-refractivity contribution in [3.05, 3.63) is 105 Å². The molecule has 0 saturated heterocycles. The SMILES string of the molecule is O=c1[nH]c2cc(-c3ccccc3Cl)cnc2c(=O)n1-c1cccc2ccccc12. The van der Waals surface area contributed by atoms with Crippen molar-refractivity contribution in [3.8, 4) is 16.8 Å². The molecule has 1 N–H and O–H groups in total. The zero-order valence-electron chi connectivity index (χ0n) is 15.1. The zero-order chi connectivity index (χ0) is 20.0. The summed E-state index contributed by atoms with van der Waals surface area (Å²) >= 11 is 6.27. The second kappa shape index (κ2) is 6.72. The molecular weight excluding hydrogens is 386 g/mol. The highest BCUT2D eigenvalue weighted by atomic mass is 35.5. The molecular formula is C23H14ClN3O2. The summed E-state index contributed by atoms with van der Waals surface area (Å²) in [6.45, 7) is 0. The molecule has 0 amide bonds. The highest BCUT2D eigenvalue weighted by Gasteiger charge is 2.14. The second-order valence-electron chi connectivity index (χ2n) is 6.67. The summed E-state index contributed by atoms with van der Waals surface area (Å²) in [7, 11) is 0. The average Bonchev–Trinajstić information content (AvgIpc) is 2.74. The van der Waals surface area contributed by atoms with Gasteiger partial charge in [-0.15, -0.1) is 0 Å². The fraction of sp³-hybridized carbons (Fsp3) is 0. The molecule has 5 nitrogen and oxygen atoms in total. The van der Waals surface area contributed by atoms with Crippen LogP contribution < -0.4 is 11.2 Å². The third kappa shape index (κ3) is 2.83. The Hall–Kier alpha value is -3.70. The number of hydrogen-bond acceptors (Lipinski definition) is 3. The second-order valence-corrected chi connectivity index (χ2v) is 7.08. The van der Waals surface area contributed by atoms with Gasteiger partial charge in [0.15, 0.2) is 5.52 Å². The summed E-state index contributed by atoms with van der Waals surface area (Å²) in [5, 5.41) is 2.33. The van der Waals surface area contributed by atoms with Gasteiger partial charge in [-0.25, -0.2) is 14.3 Å². The summed E-state index contributed by atoms with van der Waals surface area (Å²) in [4.78, 5) is 33.2. The predicted octanol–water partition coefficient (Wildman–Crippen LogP) is 4.55. The molecule has 29 heavy (non-hydrogen) atoms. The number of nitrogens with zero attached hydrogens (tertiary/aromatic N) is 2. The van der Waals surface area contributed by atoms with Gasteiger partial charge in [0, 0.05) is 27.7 Å². The maximum atomic E-state index is 13.2. The number of aromatic amines is 1. The van der Waals surface area contributed by atoms with E-state index in [9.17, 15) is 9.59 Å². The van der Waals surface area contributed by atoms with Gasteiger partial charge in [-0.2, -0.15) is 0 Å². The molecule has 140 valence electrons. The first-order valence-corrected chi connectivity index (χ1v) is 9.39. The van der Waals surface area contributed by atoms with E-state index < -0.39 is 11.2 Å². The first-order chi connectivity index (χ1) is 14.1. The van der Waals surface area contributed by atoms with E-state index in [1.165, 1.54) is 0 Å². The Balaban J connectivity index is 1.78. The van der Waals surface area contributed by atoms with Crippen molar-refractivity contribution in [2.45, 2.75) is 0 Å². The lowest BCUT2D eigenvalue weighted by Crippen LogP contribution is -2.34. The molecule has 0 unspecified atom stereocenters. The van der Waals surface area contributed by atoms with Gasteiger partial charge >= 0.3 is 5.69 Å². The number of fused-ring (bicyclic) bond motifs is 2. The van der Waals surface area contributed by atoms with Crippen molar-refractivity contribution in [2.75, 3.05) is 0 Å². The van der Waals surface area contributed by atoms with Gasteiger partial charge in [-0.05, 0) is 23.6 Å². The molecule has 0 aliphatic carbocycles. The molecule has 5 aromatic rings. The fourth-order valence-electron chi connectivity index (χ4n) is 3.56. The van der Waals surface area contributed by atoms with Crippen LogP contribution in [0.5, 0.6) is 0 Å². The Bertz CT molecular complexity index is 1510. The van der Waals surface area contributed by atoms with Crippen LogP contribution in [-0.2, 0) is 0 Å². The molecule has 6 heteroatoms. The van der Waals surface area contributed by atoms with Crippen molar-refractivity contribution in [3.63, 3.8) is 0 Å². The third-order valence-electron chi connectivity index (χ3n) is 4.93. The predicted molar refractivity (Wildman–Crippen MR) is 116 cm³/mol. The van der Waals surface area contributed by atoms with Crippen LogP contribution in [0.1, 0.15) is 0 Å². The van der Waals surface area contributed by atoms with Crippen LogP contribution in [0, 0.1) is 0 Å². The summed E-state index contributed by atoms with van der Waals surface area (Å²) in [5.74, 6) is 0. The minimum absolute atomic E-state index is 0.188. The third-order valence-corrected chi connectivity index (χ3v) is 5.26. The molecule has 2 heterocycles. The Morgan fingerprint density at radius 1 is 0.897 bits per heavy atom. The largest absolute Gasteiger partial charge is 0.333 e. The molecule has 0 spiro atoms. The van der Waals surface area contributed by atoms with Crippen LogP contribution in [0.15, 0.2) is 88.6 Å². The Morgan fingerprint density at radius 2 is 1.66 bits per heavy atom. The Morgan fingerprint density at radius 3 is 2.52 bits per heavy atom. The number of halogens is 1. The van der Waals surface area contributed by atoms with Crippen LogP contribution in [0.4, 0.5) is 0 Å².